The minimum atomic E-state index is -0.536. The number of carbonyl (C=O) groups is 1. The Labute approximate surface area is 125 Å². The highest BCUT2D eigenvalue weighted by atomic mass is 16.6. The van der Waals surface area contributed by atoms with E-state index < -0.39 is 10.8 Å². The molecule has 0 radical (unpaired) electrons. The molecule has 1 amide bonds. The highest BCUT2D eigenvalue weighted by molar-refractivity contribution is 6.01. The van der Waals surface area contributed by atoms with Crippen molar-refractivity contribution >= 4 is 17.7 Å². The summed E-state index contributed by atoms with van der Waals surface area (Å²) in [7, 11) is 1.41. The van der Waals surface area contributed by atoms with Gasteiger partial charge in [0.05, 0.1) is 10.5 Å². The molecule has 7 nitrogen and oxygen atoms in total. The zero-order valence-electron chi connectivity index (χ0n) is 11.6. The Bertz CT molecular complexity index is 799. The van der Waals surface area contributed by atoms with Crippen LogP contribution in [0, 0.1) is 21.4 Å². The van der Waals surface area contributed by atoms with Crippen LogP contribution in [-0.4, -0.2) is 17.9 Å². The number of furan rings is 1. The molecular formula is C15H11N3O4. The lowest BCUT2D eigenvalue weighted by atomic mass is 10.1. The molecule has 0 aliphatic rings. The molecule has 1 heterocycles. The van der Waals surface area contributed by atoms with Crippen molar-refractivity contribution in [3.63, 3.8) is 0 Å². The summed E-state index contributed by atoms with van der Waals surface area (Å²) in [5.74, 6) is 0.00666. The predicted molar refractivity (Wildman–Crippen MR) is 78.5 cm³/mol. The number of nitrogens with one attached hydrogen (secondary N) is 1. The van der Waals surface area contributed by atoms with Gasteiger partial charge < -0.3 is 9.73 Å². The summed E-state index contributed by atoms with van der Waals surface area (Å²) in [6.07, 6.45) is 1.27. The van der Waals surface area contributed by atoms with Crippen molar-refractivity contribution in [1.29, 1.82) is 5.26 Å². The van der Waals surface area contributed by atoms with Crippen molar-refractivity contribution in [2.45, 2.75) is 0 Å². The van der Waals surface area contributed by atoms with Crippen molar-refractivity contribution in [2.24, 2.45) is 0 Å². The van der Waals surface area contributed by atoms with Crippen LogP contribution < -0.4 is 5.32 Å². The average Bonchev–Trinajstić information content (AvgIpc) is 3.00. The smallest absolute Gasteiger partial charge is 0.280 e. The Kier molecular flexibility index (Phi) is 4.34. The van der Waals surface area contributed by atoms with Gasteiger partial charge in [0.2, 0.25) is 0 Å². The molecular weight excluding hydrogens is 286 g/mol. The number of nitriles is 1. The molecule has 0 fully saturated rings. The van der Waals surface area contributed by atoms with E-state index in [0.29, 0.717) is 5.56 Å². The van der Waals surface area contributed by atoms with Crippen LogP contribution in [0.2, 0.25) is 0 Å². The van der Waals surface area contributed by atoms with Gasteiger partial charge in [-0.3, -0.25) is 14.9 Å². The third-order valence-electron chi connectivity index (χ3n) is 2.87. The van der Waals surface area contributed by atoms with E-state index in [9.17, 15) is 14.9 Å². The van der Waals surface area contributed by atoms with Crippen LogP contribution in [-0.2, 0) is 4.79 Å². The molecule has 0 spiro atoms. The topological polar surface area (TPSA) is 109 Å². The summed E-state index contributed by atoms with van der Waals surface area (Å²) >= 11 is 0. The number of nitrogens with zero attached hydrogens (tertiary/aromatic N) is 2. The van der Waals surface area contributed by atoms with Crippen LogP contribution in [0.1, 0.15) is 5.76 Å². The second kappa shape index (κ2) is 6.37. The maximum absolute atomic E-state index is 11.4. The first-order chi connectivity index (χ1) is 10.6. The molecule has 110 valence electrons. The summed E-state index contributed by atoms with van der Waals surface area (Å²) < 4.78 is 5.48. The number of nitro groups is 1. The van der Waals surface area contributed by atoms with Crippen molar-refractivity contribution < 1.29 is 14.1 Å². The molecule has 0 unspecified atom stereocenters. The first-order valence-corrected chi connectivity index (χ1v) is 6.24. The highest BCUT2D eigenvalue weighted by Gasteiger charge is 2.17. The van der Waals surface area contributed by atoms with Crippen LogP contribution in [0.25, 0.3) is 17.4 Å². The third-order valence-corrected chi connectivity index (χ3v) is 2.87. The summed E-state index contributed by atoms with van der Waals surface area (Å²) in [6.45, 7) is 0. The molecule has 2 rings (SSSR count). The highest BCUT2D eigenvalue weighted by Crippen LogP contribution is 2.31. The lowest BCUT2D eigenvalue weighted by Crippen LogP contribution is -2.18. The fraction of sp³-hybridized carbons (Fsp3) is 0.0667. The maximum atomic E-state index is 11.4. The molecule has 22 heavy (non-hydrogen) atoms. The van der Waals surface area contributed by atoms with E-state index in [1.165, 1.54) is 25.3 Å². The molecule has 7 heteroatoms. The zero-order chi connectivity index (χ0) is 16.1. The van der Waals surface area contributed by atoms with Crippen LogP contribution in [0.5, 0.6) is 0 Å². The first kappa shape index (κ1) is 15.0. The summed E-state index contributed by atoms with van der Waals surface area (Å²) in [5.41, 5.74) is 0.121. The number of nitro benzene ring substituents is 1. The van der Waals surface area contributed by atoms with Crippen molar-refractivity contribution in [1.82, 2.24) is 5.32 Å². The van der Waals surface area contributed by atoms with Crippen LogP contribution in [0.3, 0.4) is 0 Å². The SMILES string of the molecule is CNC(=O)/C(C#N)=C/c1ccc(-c2ccccc2[N+](=O)[O-])o1. The second-order valence-corrected chi connectivity index (χ2v) is 4.23. The molecule has 0 atom stereocenters. The minimum absolute atomic E-state index is 0.0841. The van der Waals surface area contributed by atoms with Crippen LogP contribution >= 0.6 is 0 Å². The van der Waals surface area contributed by atoms with Gasteiger partial charge in [-0.1, -0.05) is 12.1 Å². The molecule has 0 saturated heterocycles. The zero-order valence-corrected chi connectivity index (χ0v) is 11.6. The number of hydrogen-bond acceptors (Lipinski definition) is 5. The van der Waals surface area contributed by atoms with Gasteiger partial charge in [0.15, 0.2) is 0 Å². The van der Waals surface area contributed by atoms with Crippen LogP contribution in [0.15, 0.2) is 46.4 Å². The number of likely N-dealkylation sites (N-methyl/N-ethyl adjacent to an activating group) is 1. The number of hydrogen-bond donors (Lipinski definition) is 1. The van der Waals surface area contributed by atoms with E-state index in [1.807, 2.05) is 0 Å². The molecule has 0 bridgehead atoms. The fourth-order valence-electron chi connectivity index (χ4n) is 1.84. The molecule has 0 saturated carbocycles. The lowest BCUT2D eigenvalue weighted by Gasteiger charge is -1.99. The minimum Gasteiger partial charge on any atom is -0.456 e. The fourth-order valence-corrected chi connectivity index (χ4v) is 1.84. The van der Waals surface area contributed by atoms with Crippen molar-refractivity contribution in [3.05, 3.63) is 57.8 Å². The number of rotatable bonds is 4. The van der Waals surface area contributed by atoms with E-state index in [1.54, 1.807) is 30.3 Å². The summed E-state index contributed by atoms with van der Waals surface area (Å²) in [4.78, 5) is 21.9. The van der Waals surface area contributed by atoms with Gasteiger partial charge in [-0.2, -0.15) is 5.26 Å². The van der Waals surface area contributed by atoms with Gasteiger partial charge in [0.25, 0.3) is 11.6 Å². The average molecular weight is 297 g/mol. The lowest BCUT2D eigenvalue weighted by molar-refractivity contribution is -0.384. The number of amides is 1. The predicted octanol–water partition coefficient (Wildman–Crippen LogP) is 2.51. The third kappa shape index (κ3) is 3.02. The van der Waals surface area contributed by atoms with Gasteiger partial charge >= 0.3 is 0 Å². The Morgan fingerprint density at radius 3 is 2.73 bits per heavy atom. The Balaban J connectivity index is 2.42. The largest absolute Gasteiger partial charge is 0.456 e. The molecule has 2 aromatic rings. The molecule has 0 aliphatic carbocycles. The van der Waals surface area contributed by atoms with E-state index >= 15 is 0 Å². The van der Waals surface area contributed by atoms with E-state index in [4.69, 9.17) is 9.68 Å². The van der Waals surface area contributed by atoms with Gasteiger partial charge in [0.1, 0.15) is 23.2 Å². The number of carbonyl (C=O) groups excluding carboxylic acids is 1. The molecule has 0 aliphatic heterocycles. The number of para-hydroxylation sites is 1. The quantitative estimate of drug-likeness (QED) is 0.403. The first-order valence-electron chi connectivity index (χ1n) is 6.24. The summed E-state index contributed by atoms with van der Waals surface area (Å²) in [5, 5.41) is 22.3. The van der Waals surface area contributed by atoms with Crippen LogP contribution in [0.4, 0.5) is 5.69 Å². The van der Waals surface area contributed by atoms with Gasteiger partial charge in [-0.05, 0) is 18.2 Å². The maximum Gasteiger partial charge on any atom is 0.280 e. The van der Waals surface area contributed by atoms with E-state index in [-0.39, 0.29) is 22.8 Å². The van der Waals surface area contributed by atoms with Gasteiger partial charge in [0, 0.05) is 19.2 Å². The summed E-state index contributed by atoms with van der Waals surface area (Å²) in [6, 6.07) is 11.0. The van der Waals surface area contributed by atoms with E-state index in [2.05, 4.69) is 5.32 Å². The van der Waals surface area contributed by atoms with Gasteiger partial charge in [-0.15, -0.1) is 0 Å². The Morgan fingerprint density at radius 2 is 2.09 bits per heavy atom. The Morgan fingerprint density at radius 1 is 1.36 bits per heavy atom. The normalized spacial score (nSPS) is 10.8. The van der Waals surface area contributed by atoms with Gasteiger partial charge in [-0.25, -0.2) is 0 Å². The monoisotopic (exact) mass is 297 g/mol. The Hall–Kier alpha value is -3.40. The van der Waals surface area contributed by atoms with Crippen molar-refractivity contribution in [2.75, 3.05) is 7.05 Å². The second-order valence-electron chi connectivity index (χ2n) is 4.23. The number of benzene rings is 1. The standard InChI is InChI=1S/C15H11N3O4/c1-17-15(19)10(9-16)8-11-6-7-14(22-11)12-4-2-3-5-13(12)18(20)21/h2-8H,1H3,(H,17,19)/b10-8+. The molecule has 1 aromatic heterocycles. The molecule has 1 N–H and O–H groups in total. The van der Waals surface area contributed by atoms with E-state index in [0.717, 1.165) is 0 Å². The van der Waals surface area contributed by atoms with Crippen molar-refractivity contribution in [3.8, 4) is 17.4 Å². The molecule has 1 aromatic carbocycles.